The van der Waals surface area contributed by atoms with E-state index in [2.05, 4.69) is 5.10 Å². The minimum atomic E-state index is -0.805. The van der Waals surface area contributed by atoms with E-state index >= 15 is 0 Å². The molecular formula is C19H15F2N3O2. The van der Waals surface area contributed by atoms with Crippen molar-refractivity contribution in [1.29, 1.82) is 0 Å². The van der Waals surface area contributed by atoms with Crippen LogP contribution in [0, 0.1) is 11.6 Å². The first-order chi connectivity index (χ1) is 12.5. The lowest BCUT2D eigenvalue weighted by molar-refractivity contribution is 0.0987. The van der Waals surface area contributed by atoms with Crippen LogP contribution in [0.3, 0.4) is 0 Å². The fourth-order valence-electron chi connectivity index (χ4n) is 2.97. The molecule has 1 amide bonds. The topological polar surface area (TPSA) is 47.4 Å². The molecule has 5 nitrogen and oxygen atoms in total. The summed E-state index contributed by atoms with van der Waals surface area (Å²) in [6.07, 6.45) is 0.587. The summed E-state index contributed by atoms with van der Waals surface area (Å²) in [6, 6.07) is 12.2. The van der Waals surface area contributed by atoms with Gasteiger partial charge in [-0.1, -0.05) is 12.1 Å². The van der Waals surface area contributed by atoms with Crippen LogP contribution >= 0.6 is 0 Å². The molecule has 0 aliphatic carbocycles. The molecule has 0 unspecified atom stereocenters. The van der Waals surface area contributed by atoms with Crippen molar-refractivity contribution < 1.29 is 18.3 Å². The van der Waals surface area contributed by atoms with E-state index in [0.29, 0.717) is 18.8 Å². The lowest BCUT2D eigenvalue weighted by atomic mass is 10.2. The summed E-state index contributed by atoms with van der Waals surface area (Å²) in [5.74, 6) is -1.29. The molecule has 1 aliphatic rings. The van der Waals surface area contributed by atoms with E-state index in [9.17, 15) is 13.6 Å². The Labute approximate surface area is 148 Å². The number of halogens is 2. The van der Waals surface area contributed by atoms with Gasteiger partial charge in [-0.05, 0) is 30.3 Å². The van der Waals surface area contributed by atoms with Gasteiger partial charge in [-0.3, -0.25) is 4.79 Å². The zero-order valence-corrected chi connectivity index (χ0v) is 13.9. The fraction of sp³-hybridized carbons (Fsp3) is 0.158. The van der Waals surface area contributed by atoms with E-state index in [1.807, 2.05) is 24.3 Å². The number of para-hydroxylation sites is 2. The summed E-state index contributed by atoms with van der Waals surface area (Å²) in [4.78, 5) is 13.9. The van der Waals surface area contributed by atoms with Gasteiger partial charge >= 0.3 is 0 Å². The van der Waals surface area contributed by atoms with Crippen LogP contribution < -0.4 is 9.64 Å². The molecule has 0 radical (unpaired) electrons. The normalized spacial score (nSPS) is 12.6. The summed E-state index contributed by atoms with van der Waals surface area (Å²) >= 11 is 0. The van der Waals surface area contributed by atoms with E-state index in [1.165, 1.54) is 13.1 Å². The molecule has 0 saturated heterocycles. The molecule has 4 rings (SSSR count). The van der Waals surface area contributed by atoms with E-state index in [-0.39, 0.29) is 11.4 Å². The number of carbonyl (C=O) groups excluding carboxylic acids is 1. The average molecular weight is 355 g/mol. The summed E-state index contributed by atoms with van der Waals surface area (Å²) in [5, 5.41) is 4.39. The largest absolute Gasteiger partial charge is 0.491 e. The van der Waals surface area contributed by atoms with Crippen LogP contribution in [0.25, 0.3) is 5.69 Å². The average Bonchev–Trinajstić information content (AvgIpc) is 2.97. The molecule has 0 N–H and O–H groups in total. The Kier molecular flexibility index (Phi) is 3.91. The first kappa shape index (κ1) is 16.3. The van der Waals surface area contributed by atoms with Crippen molar-refractivity contribution in [3.63, 3.8) is 0 Å². The number of aromatic nitrogens is 2. The van der Waals surface area contributed by atoms with Gasteiger partial charge in [0.15, 0.2) is 5.69 Å². The molecule has 0 atom stereocenters. The summed E-state index contributed by atoms with van der Waals surface area (Å²) < 4.78 is 34.4. The standard InChI is InChI=1S/C19H15F2N3O2/c1-23(16-7-6-12(20)10-14(16)21)19(25)15-11-13-8-9-26-18-5-3-2-4-17(18)24(13)22-15/h2-7,10-11H,8-9H2,1H3. The number of ether oxygens (including phenoxy) is 1. The van der Waals surface area contributed by atoms with Gasteiger partial charge < -0.3 is 9.64 Å². The van der Waals surface area contributed by atoms with Crippen LogP contribution in [-0.4, -0.2) is 29.3 Å². The molecule has 7 heteroatoms. The Morgan fingerprint density at radius 3 is 2.81 bits per heavy atom. The van der Waals surface area contributed by atoms with E-state index < -0.39 is 17.5 Å². The van der Waals surface area contributed by atoms with Gasteiger partial charge in [-0.2, -0.15) is 5.10 Å². The van der Waals surface area contributed by atoms with Crippen molar-refractivity contribution in [2.24, 2.45) is 0 Å². The van der Waals surface area contributed by atoms with Gasteiger partial charge in [-0.15, -0.1) is 0 Å². The van der Waals surface area contributed by atoms with Crippen LogP contribution in [-0.2, 0) is 6.42 Å². The van der Waals surface area contributed by atoms with Crippen molar-refractivity contribution in [1.82, 2.24) is 9.78 Å². The fourth-order valence-corrected chi connectivity index (χ4v) is 2.97. The molecule has 0 spiro atoms. The van der Waals surface area contributed by atoms with Crippen LogP contribution in [0.15, 0.2) is 48.5 Å². The van der Waals surface area contributed by atoms with E-state index in [1.54, 1.807) is 10.7 Å². The first-order valence-electron chi connectivity index (χ1n) is 8.09. The van der Waals surface area contributed by atoms with Crippen LogP contribution in [0.2, 0.25) is 0 Å². The van der Waals surface area contributed by atoms with Gasteiger partial charge in [0, 0.05) is 25.2 Å². The number of fused-ring (bicyclic) bond motifs is 3. The second-order valence-electron chi connectivity index (χ2n) is 5.96. The second kappa shape index (κ2) is 6.25. The van der Waals surface area contributed by atoms with Crippen LogP contribution in [0.1, 0.15) is 16.2 Å². The molecule has 3 aromatic rings. The third-order valence-electron chi connectivity index (χ3n) is 4.29. The van der Waals surface area contributed by atoms with Crippen LogP contribution in [0.4, 0.5) is 14.5 Å². The SMILES string of the molecule is CN(C(=O)c1cc2n(n1)-c1ccccc1OCC2)c1ccc(F)cc1F. The Bertz CT molecular complexity index is 1000. The maximum absolute atomic E-state index is 14.0. The van der Waals surface area contributed by atoms with E-state index in [0.717, 1.165) is 28.4 Å². The highest BCUT2D eigenvalue weighted by Gasteiger charge is 2.24. The van der Waals surface area contributed by atoms with Crippen LogP contribution in [0.5, 0.6) is 5.75 Å². The Morgan fingerprint density at radius 1 is 1.19 bits per heavy atom. The molecule has 2 aromatic carbocycles. The molecule has 0 fully saturated rings. The quantitative estimate of drug-likeness (QED) is 0.708. The summed E-state index contributed by atoms with van der Waals surface area (Å²) in [6.45, 7) is 0.471. The number of benzene rings is 2. The highest BCUT2D eigenvalue weighted by molar-refractivity contribution is 6.04. The summed E-state index contributed by atoms with van der Waals surface area (Å²) in [5.41, 5.74) is 1.74. The Hall–Kier alpha value is -3.22. The van der Waals surface area contributed by atoms with Gasteiger partial charge in [0.1, 0.15) is 23.1 Å². The summed E-state index contributed by atoms with van der Waals surface area (Å²) in [7, 11) is 1.43. The number of hydrogen-bond donors (Lipinski definition) is 0. The lowest BCUT2D eigenvalue weighted by Crippen LogP contribution is -2.27. The maximum atomic E-state index is 14.0. The van der Waals surface area contributed by atoms with Crippen molar-refractivity contribution in [2.75, 3.05) is 18.6 Å². The third kappa shape index (κ3) is 2.71. The number of anilines is 1. The molecule has 1 aromatic heterocycles. The zero-order chi connectivity index (χ0) is 18.3. The number of nitrogens with zero attached hydrogens (tertiary/aromatic N) is 3. The number of amides is 1. The molecule has 26 heavy (non-hydrogen) atoms. The van der Waals surface area contributed by atoms with Crippen molar-refractivity contribution >= 4 is 11.6 Å². The van der Waals surface area contributed by atoms with Gasteiger partial charge in [0.05, 0.1) is 12.3 Å². The smallest absolute Gasteiger partial charge is 0.278 e. The molecule has 0 saturated carbocycles. The van der Waals surface area contributed by atoms with Crippen molar-refractivity contribution in [2.45, 2.75) is 6.42 Å². The molecule has 132 valence electrons. The monoisotopic (exact) mass is 355 g/mol. The third-order valence-corrected chi connectivity index (χ3v) is 4.29. The molecule has 1 aliphatic heterocycles. The number of carbonyl (C=O) groups is 1. The molecular weight excluding hydrogens is 340 g/mol. The predicted octanol–water partition coefficient (Wildman–Crippen LogP) is 3.36. The minimum absolute atomic E-state index is 0.0108. The lowest BCUT2D eigenvalue weighted by Gasteiger charge is -2.16. The number of hydrogen-bond acceptors (Lipinski definition) is 3. The minimum Gasteiger partial charge on any atom is -0.491 e. The Balaban J connectivity index is 1.71. The highest BCUT2D eigenvalue weighted by Crippen LogP contribution is 2.28. The maximum Gasteiger partial charge on any atom is 0.278 e. The molecule has 2 heterocycles. The predicted molar refractivity (Wildman–Crippen MR) is 91.9 cm³/mol. The van der Waals surface area contributed by atoms with Crippen molar-refractivity contribution in [3.8, 4) is 11.4 Å². The molecule has 0 bridgehead atoms. The highest BCUT2D eigenvalue weighted by atomic mass is 19.1. The number of rotatable bonds is 2. The Morgan fingerprint density at radius 2 is 2.00 bits per heavy atom. The zero-order valence-electron chi connectivity index (χ0n) is 13.9. The van der Waals surface area contributed by atoms with Crippen molar-refractivity contribution in [3.05, 3.63) is 71.6 Å². The second-order valence-corrected chi connectivity index (χ2v) is 5.96. The van der Waals surface area contributed by atoms with E-state index in [4.69, 9.17) is 4.74 Å². The first-order valence-corrected chi connectivity index (χ1v) is 8.09. The van der Waals surface area contributed by atoms with Gasteiger partial charge in [0.2, 0.25) is 0 Å². The van der Waals surface area contributed by atoms with Gasteiger partial charge in [-0.25, -0.2) is 13.5 Å². The van der Waals surface area contributed by atoms with Gasteiger partial charge in [0.25, 0.3) is 5.91 Å².